The maximum absolute atomic E-state index is 14.2. The third-order valence-electron chi connectivity index (χ3n) is 3.90. The largest absolute Gasteiger partial charge is 0.322 e. The molecule has 0 fully saturated rings. The molecule has 0 heterocycles. The normalized spacial score (nSPS) is 12.0. The Bertz CT molecular complexity index is 1160. The van der Waals surface area contributed by atoms with Crippen LogP contribution in [0.15, 0.2) is 60.0 Å². The first kappa shape index (κ1) is 24.7. The fourth-order valence-electron chi connectivity index (χ4n) is 2.56. The van der Waals surface area contributed by atoms with E-state index in [4.69, 9.17) is 0 Å². The van der Waals surface area contributed by atoms with Crippen molar-refractivity contribution in [2.45, 2.75) is 30.5 Å². The molecular formula is C20H24FN3O5S2. The summed E-state index contributed by atoms with van der Waals surface area (Å²) in [6, 6.07) is 8.52. The first-order valence-corrected chi connectivity index (χ1v) is 12.4. The minimum absolute atomic E-state index is 0.115. The maximum Gasteiger partial charge on any atom is 0.258 e. The van der Waals surface area contributed by atoms with Gasteiger partial charge in [0.25, 0.3) is 5.91 Å². The second-order valence-electron chi connectivity index (χ2n) is 6.96. The Morgan fingerprint density at radius 1 is 1.10 bits per heavy atom. The Labute approximate surface area is 181 Å². The molecule has 0 radical (unpaired) electrons. The van der Waals surface area contributed by atoms with Crippen LogP contribution < -0.4 is 14.8 Å². The summed E-state index contributed by atoms with van der Waals surface area (Å²) in [6.45, 7) is 6.83. The van der Waals surface area contributed by atoms with Gasteiger partial charge in [-0.15, -0.1) is 6.58 Å². The zero-order valence-corrected chi connectivity index (χ0v) is 18.7. The highest BCUT2D eigenvalue weighted by molar-refractivity contribution is 7.89. The second kappa shape index (κ2) is 10.1. The fourth-order valence-corrected chi connectivity index (χ4v) is 4.94. The summed E-state index contributed by atoms with van der Waals surface area (Å²) >= 11 is 0. The number of carbonyl (C=O) groups is 1. The van der Waals surface area contributed by atoms with Crippen LogP contribution in [0.25, 0.3) is 0 Å². The van der Waals surface area contributed by atoms with Crippen molar-refractivity contribution >= 4 is 31.6 Å². The first-order valence-electron chi connectivity index (χ1n) is 9.24. The maximum atomic E-state index is 14.2. The molecule has 11 heteroatoms. The molecule has 0 atom stereocenters. The number of sulfonamides is 2. The SMILES string of the molecule is C=CCNS(=O)(=O)Cc1ccc(NC(=O)c2cc(S(=O)(=O)NC(C)C)ccc2F)cc1. The van der Waals surface area contributed by atoms with Gasteiger partial charge in [0.05, 0.1) is 16.2 Å². The highest BCUT2D eigenvalue weighted by Crippen LogP contribution is 2.18. The zero-order valence-electron chi connectivity index (χ0n) is 17.1. The van der Waals surface area contributed by atoms with Crippen molar-refractivity contribution in [3.05, 3.63) is 72.1 Å². The predicted octanol–water partition coefficient (Wildman–Crippen LogP) is 2.37. The molecule has 3 N–H and O–H groups in total. The summed E-state index contributed by atoms with van der Waals surface area (Å²) in [7, 11) is -7.43. The van der Waals surface area contributed by atoms with E-state index in [-0.39, 0.29) is 28.9 Å². The van der Waals surface area contributed by atoms with Crippen molar-refractivity contribution in [1.82, 2.24) is 9.44 Å². The minimum Gasteiger partial charge on any atom is -0.322 e. The van der Waals surface area contributed by atoms with Gasteiger partial charge in [-0.05, 0) is 49.7 Å². The van der Waals surface area contributed by atoms with E-state index < -0.39 is 37.3 Å². The van der Waals surface area contributed by atoms with Crippen LogP contribution in [0.3, 0.4) is 0 Å². The molecule has 0 saturated carbocycles. The average Bonchev–Trinajstić information content (AvgIpc) is 2.67. The Morgan fingerprint density at radius 3 is 2.32 bits per heavy atom. The number of halogens is 1. The van der Waals surface area contributed by atoms with Crippen LogP contribution in [0.1, 0.15) is 29.8 Å². The quantitative estimate of drug-likeness (QED) is 0.461. The van der Waals surface area contributed by atoms with E-state index in [0.717, 1.165) is 18.2 Å². The Morgan fingerprint density at radius 2 is 1.74 bits per heavy atom. The molecule has 2 aromatic rings. The lowest BCUT2D eigenvalue weighted by molar-refractivity contribution is 0.102. The third kappa shape index (κ3) is 7.24. The van der Waals surface area contributed by atoms with Gasteiger partial charge in [0.2, 0.25) is 20.0 Å². The molecule has 0 aliphatic rings. The zero-order chi connectivity index (χ0) is 23.2. The molecule has 0 unspecified atom stereocenters. The number of rotatable bonds is 10. The molecule has 8 nitrogen and oxygen atoms in total. The van der Waals surface area contributed by atoms with Gasteiger partial charge in [-0.3, -0.25) is 4.79 Å². The lowest BCUT2D eigenvalue weighted by atomic mass is 10.2. The number of nitrogens with one attached hydrogen (secondary N) is 3. The van der Waals surface area contributed by atoms with Crippen LogP contribution in [-0.4, -0.2) is 35.3 Å². The van der Waals surface area contributed by atoms with E-state index in [2.05, 4.69) is 21.3 Å². The molecule has 0 saturated heterocycles. The number of amides is 1. The number of hydrogen-bond donors (Lipinski definition) is 3. The molecule has 0 aromatic heterocycles. The van der Waals surface area contributed by atoms with Crippen LogP contribution in [0.5, 0.6) is 0 Å². The average molecular weight is 470 g/mol. The van der Waals surface area contributed by atoms with Gasteiger partial charge < -0.3 is 5.32 Å². The molecule has 0 aliphatic carbocycles. The summed E-state index contributed by atoms with van der Waals surface area (Å²) in [5.41, 5.74) is 0.332. The van der Waals surface area contributed by atoms with Crippen LogP contribution in [0, 0.1) is 5.82 Å². The number of carbonyl (C=O) groups excluding carboxylic acids is 1. The van der Waals surface area contributed by atoms with Gasteiger partial charge in [-0.1, -0.05) is 18.2 Å². The highest BCUT2D eigenvalue weighted by Gasteiger charge is 2.20. The number of hydrogen-bond acceptors (Lipinski definition) is 5. The predicted molar refractivity (Wildman–Crippen MR) is 117 cm³/mol. The smallest absolute Gasteiger partial charge is 0.258 e. The summed E-state index contributed by atoms with van der Waals surface area (Å²) < 4.78 is 67.2. The fraction of sp³-hybridized carbons (Fsp3) is 0.250. The standard InChI is InChI=1S/C20H24FN3O5S2/c1-4-11-22-30(26,27)13-15-5-7-16(8-6-15)23-20(25)18-12-17(9-10-19(18)21)31(28,29)24-14(2)3/h4-10,12,14,22,24H,1,11,13H2,2-3H3,(H,23,25). The van der Waals surface area contributed by atoms with Crippen LogP contribution >= 0.6 is 0 Å². The molecule has 1 amide bonds. The third-order valence-corrected chi connectivity index (χ3v) is 6.88. The van der Waals surface area contributed by atoms with Crippen molar-refractivity contribution in [3.63, 3.8) is 0 Å². The Balaban J connectivity index is 2.17. The van der Waals surface area contributed by atoms with Gasteiger partial charge in [0.15, 0.2) is 0 Å². The van der Waals surface area contributed by atoms with E-state index in [1.54, 1.807) is 13.8 Å². The van der Waals surface area contributed by atoms with Crippen LogP contribution in [-0.2, 0) is 25.8 Å². The highest BCUT2D eigenvalue weighted by atomic mass is 32.2. The molecule has 0 bridgehead atoms. The van der Waals surface area contributed by atoms with Crippen LogP contribution in [0.2, 0.25) is 0 Å². The number of benzene rings is 2. The van der Waals surface area contributed by atoms with Crippen molar-refractivity contribution < 1.29 is 26.0 Å². The minimum atomic E-state index is -3.90. The lowest BCUT2D eigenvalue weighted by Crippen LogP contribution is -2.30. The van der Waals surface area contributed by atoms with Crippen molar-refractivity contribution in [1.29, 1.82) is 0 Å². The van der Waals surface area contributed by atoms with Gasteiger partial charge in [0, 0.05) is 18.3 Å². The summed E-state index contributed by atoms with van der Waals surface area (Å²) in [6.07, 6.45) is 1.43. The topological polar surface area (TPSA) is 121 Å². The van der Waals surface area contributed by atoms with E-state index in [0.29, 0.717) is 5.56 Å². The summed E-state index contributed by atoms with van der Waals surface area (Å²) in [5.74, 6) is -1.98. The number of anilines is 1. The van der Waals surface area contributed by atoms with Gasteiger partial charge in [-0.25, -0.2) is 30.7 Å². The van der Waals surface area contributed by atoms with Crippen molar-refractivity contribution in [3.8, 4) is 0 Å². The van der Waals surface area contributed by atoms with Gasteiger partial charge >= 0.3 is 0 Å². The van der Waals surface area contributed by atoms with Crippen molar-refractivity contribution in [2.24, 2.45) is 0 Å². The van der Waals surface area contributed by atoms with Gasteiger partial charge in [0.1, 0.15) is 5.82 Å². The molecule has 0 aliphatic heterocycles. The van der Waals surface area contributed by atoms with Gasteiger partial charge in [-0.2, -0.15) is 0 Å². The summed E-state index contributed by atoms with van der Waals surface area (Å²) in [4.78, 5) is 12.3. The van der Waals surface area contributed by atoms with E-state index >= 15 is 0 Å². The molecule has 2 aromatic carbocycles. The monoisotopic (exact) mass is 469 g/mol. The Kier molecular flexibility index (Phi) is 8.07. The van der Waals surface area contributed by atoms with E-state index in [1.165, 1.54) is 30.3 Å². The molecule has 31 heavy (non-hydrogen) atoms. The van der Waals surface area contributed by atoms with E-state index in [9.17, 15) is 26.0 Å². The summed E-state index contributed by atoms with van der Waals surface area (Å²) in [5, 5.41) is 2.47. The molecular weight excluding hydrogens is 445 g/mol. The molecule has 0 spiro atoms. The van der Waals surface area contributed by atoms with E-state index in [1.807, 2.05) is 0 Å². The lowest BCUT2D eigenvalue weighted by Gasteiger charge is -2.12. The Hall–Kier alpha value is -2.60. The van der Waals surface area contributed by atoms with Crippen LogP contribution in [0.4, 0.5) is 10.1 Å². The first-order chi connectivity index (χ1) is 14.4. The molecule has 168 valence electrons. The second-order valence-corrected chi connectivity index (χ2v) is 10.5. The van der Waals surface area contributed by atoms with Crippen molar-refractivity contribution in [2.75, 3.05) is 11.9 Å². The molecule has 2 rings (SSSR count).